The largest absolute Gasteiger partial charge is 0.298 e. The van der Waals surface area contributed by atoms with Gasteiger partial charge < -0.3 is 0 Å². The summed E-state index contributed by atoms with van der Waals surface area (Å²) in [4.78, 5) is 17.0. The number of nitrogens with zero attached hydrogens (tertiary/aromatic N) is 1. The van der Waals surface area contributed by atoms with Crippen LogP contribution in [0.25, 0.3) is 10.2 Å². The molecule has 1 N–H and O–H groups in total. The molecule has 1 amide bonds. The van der Waals surface area contributed by atoms with E-state index >= 15 is 0 Å². The SMILES string of the molecule is Cc1cc(C)c2nc(NC(=O)c3cc(S(C)(=O)=O)ccc3Cl)sc2c1. The number of amides is 1. The molecule has 0 radical (unpaired) electrons. The number of carbonyl (C=O) groups excluding carboxylic acids is 1. The molecule has 3 rings (SSSR count). The Bertz CT molecular complexity index is 1100. The highest BCUT2D eigenvalue weighted by molar-refractivity contribution is 7.90. The highest BCUT2D eigenvalue weighted by Crippen LogP contribution is 2.30. The number of nitrogens with one attached hydrogen (secondary N) is 1. The zero-order valence-electron chi connectivity index (χ0n) is 13.8. The van der Waals surface area contributed by atoms with Gasteiger partial charge in [0.15, 0.2) is 15.0 Å². The molecule has 130 valence electrons. The first-order chi connectivity index (χ1) is 11.6. The molecule has 0 atom stereocenters. The fourth-order valence-corrected chi connectivity index (χ4v) is 4.39. The molecule has 5 nitrogen and oxygen atoms in total. The van der Waals surface area contributed by atoms with Crippen LogP contribution in [0.2, 0.25) is 5.02 Å². The number of thiazole rings is 1. The third kappa shape index (κ3) is 3.68. The number of anilines is 1. The van der Waals surface area contributed by atoms with Crippen molar-refractivity contribution in [3.05, 3.63) is 52.0 Å². The minimum Gasteiger partial charge on any atom is -0.298 e. The van der Waals surface area contributed by atoms with Gasteiger partial charge in [0.1, 0.15) is 0 Å². The Balaban J connectivity index is 1.96. The molecular formula is C17H15ClN2O3S2. The number of hydrogen-bond donors (Lipinski definition) is 1. The number of sulfone groups is 1. The third-order valence-corrected chi connectivity index (χ3v) is 6.02. The predicted octanol–water partition coefficient (Wildman–Crippen LogP) is 4.22. The molecule has 0 saturated heterocycles. The van der Waals surface area contributed by atoms with E-state index in [0.29, 0.717) is 5.13 Å². The van der Waals surface area contributed by atoms with Gasteiger partial charge in [-0.1, -0.05) is 29.0 Å². The maximum atomic E-state index is 12.5. The Kier molecular flexibility index (Phi) is 4.57. The first-order valence-electron chi connectivity index (χ1n) is 7.34. The van der Waals surface area contributed by atoms with Crippen LogP contribution in [0.15, 0.2) is 35.2 Å². The monoisotopic (exact) mass is 394 g/mol. The fourth-order valence-electron chi connectivity index (χ4n) is 2.50. The van der Waals surface area contributed by atoms with Gasteiger partial charge in [0.2, 0.25) is 0 Å². The van der Waals surface area contributed by atoms with Crippen molar-refractivity contribution in [1.82, 2.24) is 4.98 Å². The van der Waals surface area contributed by atoms with Gasteiger partial charge in [0.05, 0.1) is 25.7 Å². The average molecular weight is 395 g/mol. The summed E-state index contributed by atoms with van der Waals surface area (Å²) in [6.07, 6.45) is 1.08. The molecule has 0 fully saturated rings. The highest BCUT2D eigenvalue weighted by Gasteiger charge is 2.17. The quantitative estimate of drug-likeness (QED) is 0.721. The summed E-state index contributed by atoms with van der Waals surface area (Å²) in [6, 6.07) is 8.08. The summed E-state index contributed by atoms with van der Waals surface area (Å²) in [5, 5.41) is 3.32. The Labute approximate surface area is 154 Å². The minimum atomic E-state index is -3.43. The summed E-state index contributed by atoms with van der Waals surface area (Å²) in [5.74, 6) is -0.496. The second-order valence-electron chi connectivity index (χ2n) is 5.82. The van der Waals surface area contributed by atoms with Crippen LogP contribution in [-0.2, 0) is 9.84 Å². The summed E-state index contributed by atoms with van der Waals surface area (Å²) >= 11 is 7.42. The molecular weight excluding hydrogens is 380 g/mol. The van der Waals surface area contributed by atoms with Gasteiger partial charge in [-0.05, 0) is 49.2 Å². The average Bonchev–Trinajstić information content (AvgIpc) is 2.89. The normalized spacial score (nSPS) is 11.7. The van der Waals surface area contributed by atoms with Crippen molar-refractivity contribution in [2.75, 3.05) is 11.6 Å². The Hall–Kier alpha value is -1.96. The van der Waals surface area contributed by atoms with Crippen LogP contribution in [0.3, 0.4) is 0 Å². The Morgan fingerprint density at radius 2 is 1.92 bits per heavy atom. The van der Waals surface area contributed by atoms with Crippen molar-refractivity contribution < 1.29 is 13.2 Å². The number of aromatic nitrogens is 1. The van der Waals surface area contributed by atoms with Gasteiger partial charge in [-0.3, -0.25) is 10.1 Å². The maximum absolute atomic E-state index is 12.5. The van der Waals surface area contributed by atoms with Crippen LogP contribution in [0, 0.1) is 13.8 Å². The number of hydrogen-bond acceptors (Lipinski definition) is 5. The molecule has 1 aromatic heterocycles. The number of rotatable bonds is 3. The van der Waals surface area contributed by atoms with Crippen molar-refractivity contribution in [3.63, 3.8) is 0 Å². The second-order valence-corrected chi connectivity index (χ2v) is 9.27. The zero-order chi connectivity index (χ0) is 18.4. The van der Waals surface area contributed by atoms with E-state index < -0.39 is 15.7 Å². The van der Waals surface area contributed by atoms with E-state index in [0.717, 1.165) is 27.6 Å². The zero-order valence-corrected chi connectivity index (χ0v) is 16.1. The van der Waals surface area contributed by atoms with Crippen molar-refractivity contribution in [2.45, 2.75) is 18.7 Å². The first-order valence-corrected chi connectivity index (χ1v) is 10.4. The van der Waals surface area contributed by atoms with E-state index in [4.69, 9.17) is 11.6 Å². The number of halogens is 1. The van der Waals surface area contributed by atoms with Crippen molar-refractivity contribution in [3.8, 4) is 0 Å². The summed E-state index contributed by atoms with van der Waals surface area (Å²) in [5.41, 5.74) is 3.08. The lowest BCUT2D eigenvalue weighted by Crippen LogP contribution is -2.13. The molecule has 0 spiro atoms. The number of fused-ring (bicyclic) bond motifs is 1. The smallest absolute Gasteiger partial charge is 0.259 e. The van der Waals surface area contributed by atoms with Crippen molar-refractivity contribution >= 4 is 54.0 Å². The number of benzene rings is 2. The minimum absolute atomic E-state index is 0.0396. The molecule has 0 aliphatic heterocycles. The Morgan fingerprint density at radius 3 is 2.60 bits per heavy atom. The molecule has 0 aliphatic carbocycles. The molecule has 3 aromatic rings. The van der Waals surface area contributed by atoms with E-state index in [9.17, 15) is 13.2 Å². The van der Waals surface area contributed by atoms with Crippen LogP contribution < -0.4 is 5.32 Å². The molecule has 0 saturated carbocycles. The van der Waals surface area contributed by atoms with Gasteiger partial charge in [0, 0.05) is 6.26 Å². The fraction of sp³-hybridized carbons (Fsp3) is 0.176. The van der Waals surface area contributed by atoms with E-state index in [1.807, 2.05) is 26.0 Å². The van der Waals surface area contributed by atoms with E-state index in [1.165, 1.54) is 29.5 Å². The number of aryl methyl sites for hydroxylation is 2. The molecule has 0 bridgehead atoms. The standard InChI is InChI=1S/C17H15ClN2O3S2/c1-9-6-10(2)15-14(7-9)24-17(19-15)20-16(21)12-8-11(25(3,22)23)4-5-13(12)18/h4-8H,1-3H3,(H,19,20,21). The van der Waals surface area contributed by atoms with Gasteiger partial charge >= 0.3 is 0 Å². The lowest BCUT2D eigenvalue weighted by atomic mass is 10.1. The summed E-state index contributed by atoms with van der Waals surface area (Å²) < 4.78 is 24.3. The van der Waals surface area contributed by atoms with Gasteiger partial charge in [-0.2, -0.15) is 0 Å². The topological polar surface area (TPSA) is 76.1 Å². The van der Waals surface area contributed by atoms with Crippen LogP contribution in [-0.4, -0.2) is 25.6 Å². The Morgan fingerprint density at radius 1 is 1.20 bits per heavy atom. The van der Waals surface area contributed by atoms with Crippen molar-refractivity contribution in [2.24, 2.45) is 0 Å². The van der Waals surface area contributed by atoms with E-state index in [-0.39, 0.29) is 15.5 Å². The van der Waals surface area contributed by atoms with Crippen LogP contribution in [0.4, 0.5) is 5.13 Å². The van der Waals surface area contributed by atoms with E-state index in [2.05, 4.69) is 10.3 Å². The first kappa shape index (κ1) is 17.8. The molecule has 0 aliphatic rings. The lowest BCUT2D eigenvalue weighted by Gasteiger charge is -2.06. The van der Waals surface area contributed by atoms with Gasteiger partial charge in [0.25, 0.3) is 5.91 Å². The highest BCUT2D eigenvalue weighted by atomic mass is 35.5. The second kappa shape index (κ2) is 6.40. The lowest BCUT2D eigenvalue weighted by molar-refractivity contribution is 0.102. The molecule has 0 unspecified atom stereocenters. The van der Waals surface area contributed by atoms with E-state index in [1.54, 1.807) is 0 Å². The molecule has 25 heavy (non-hydrogen) atoms. The molecule has 2 aromatic carbocycles. The third-order valence-electron chi connectivity index (χ3n) is 3.66. The number of carbonyl (C=O) groups is 1. The molecule has 1 heterocycles. The van der Waals surface area contributed by atoms with Crippen LogP contribution in [0.1, 0.15) is 21.5 Å². The maximum Gasteiger partial charge on any atom is 0.259 e. The van der Waals surface area contributed by atoms with Crippen molar-refractivity contribution in [1.29, 1.82) is 0 Å². The van der Waals surface area contributed by atoms with Crippen LogP contribution in [0.5, 0.6) is 0 Å². The predicted molar refractivity (Wildman–Crippen MR) is 102 cm³/mol. The summed E-state index contributed by atoms with van der Waals surface area (Å²) in [7, 11) is -3.43. The van der Waals surface area contributed by atoms with Gasteiger partial charge in [-0.25, -0.2) is 13.4 Å². The summed E-state index contributed by atoms with van der Waals surface area (Å²) in [6.45, 7) is 3.97. The molecule has 8 heteroatoms. The van der Waals surface area contributed by atoms with Crippen LogP contribution >= 0.6 is 22.9 Å². The van der Waals surface area contributed by atoms with Gasteiger partial charge in [-0.15, -0.1) is 0 Å².